The predicted octanol–water partition coefficient (Wildman–Crippen LogP) is 7.79. The highest BCUT2D eigenvalue weighted by molar-refractivity contribution is 7.89. The third-order valence-corrected chi connectivity index (χ3v) is 10.2. The van der Waals surface area contributed by atoms with E-state index in [2.05, 4.69) is 19.9 Å². The first-order chi connectivity index (χ1) is 19.6. The highest BCUT2D eigenvalue weighted by atomic mass is 35.5. The predicted molar refractivity (Wildman–Crippen MR) is 165 cm³/mol. The van der Waals surface area contributed by atoms with Gasteiger partial charge in [-0.15, -0.1) is 0 Å². The van der Waals surface area contributed by atoms with E-state index in [1.165, 1.54) is 16.4 Å². The second-order valence-corrected chi connectivity index (χ2v) is 13.7. The fourth-order valence-electron chi connectivity index (χ4n) is 5.63. The molecule has 1 aliphatic heterocycles. The molecule has 1 heterocycles. The largest absolute Gasteiger partial charge is 0.333 e. The van der Waals surface area contributed by atoms with Gasteiger partial charge in [0.2, 0.25) is 10.0 Å². The van der Waals surface area contributed by atoms with E-state index in [-0.39, 0.29) is 35.3 Å². The molecule has 1 amide bonds. The van der Waals surface area contributed by atoms with Gasteiger partial charge in [-0.2, -0.15) is 4.31 Å². The lowest BCUT2D eigenvalue weighted by Crippen LogP contribution is -2.45. The number of rotatable bonds is 8. The summed E-state index contributed by atoms with van der Waals surface area (Å²) in [6.07, 6.45) is 0.855. The van der Waals surface area contributed by atoms with Crippen LogP contribution >= 0.6 is 23.2 Å². The van der Waals surface area contributed by atoms with E-state index in [1.807, 2.05) is 65.6 Å². The summed E-state index contributed by atoms with van der Waals surface area (Å²) in [7, 11) is -3.81. The lowest BCUT2D eigenvalue weighted by atomic mass is 9.82. The van der Waals surface area contributed by atoms with Gasteiger partial charge < -0.3 is 4.90 Å². The third-order valence-electron chi connectivity index (χ3n) is 7.90. The molecule has 0 spiro atoms. The summed E-state index contributed by atoms with van der Waals surface area (Å²) >= 11 is 12.3. The minimum atomic E-state index is -3.81. The Morgan fingerprint density at radius 3 is 2.10 bits per heavy atom. The molecule has 5 nitrogen and oxygen atoms in total. The normalized spacial score (nSPS) is 16.7. The Labute approximate surface area is 252 Å². The van der Waals surface area contributed by atoms with E-state index in [0.717, 1.165) is 23.1 Å². The number of halogens is 2. The van der Waals surface area contributed by atoms with Gasteiger partial charge in [-0.25, -0.2) is 8.42 Å². The van der Waals surface area contributed by atoms with Gasteiger partial charge in [-0.05, 0) is 85.5 Å². The van der Waals surface area contributed by atoms with Crippen LogP contribution in [0.25, 0.3) is 0 Å². The number of benzene rings is 4. The van der Waals surface area contributed by atoms with E-state index in [9.17, 15) is 13.2 Å². The highest BCUT2D eigenvalue weighted by Crippen LogP contribution is 2.43. The van der Waals surface area contributed by atoms with Crippen LogP contribution < -0.4 is 0 Å². The average molecular weight is 608 g/mol. The van der Waals surface area contributed by atoms with Crippen molar-refractivity contribution in [2.75, 3.05) is 6.54 Å². The second-order valence-electron chi connectivity index (χ2n) is 10.9. The summed E-state index contributed by atoms with van der Waals surface area (Å²) in [6.45, 7) is 5.20. The molecule has 4 aromatic rings. The molecule has 4 aromatic carbocycles. The molecule has 0 aromatic heterocycles. The molecular weight excluding hydrogens is 575 g/mol. The van der Waals surface area contributed by atoms with Gasteiger partial charge in [0.1, 0.15) is 0 Å². The Bertz CT molecular complexity index is 1620. The Hall–Kier alpha value is -3.16. The smallest absolute Gasteiger partial charge is 0.254 e. The van der Waals surface area contributed by atoms with Crippen LogP contribution in [0.3, 0.4) is 0 Å². The van der Waals surface area contributed by atoms with Gasteiger partial charge >= 0.3 is 0 Å². The number of nitrogens with zero attached hydrogens (tertiary/aromatic N) is 2. The van der Waals surface area contributed by atoms with Gasteiger partial charge in [-0.3, -0.25) is 4.79 Å². The molecule has 1 aliphatic rings. The van der Waals surface area contributed by atoms with Crippen molar-refractivity contribution in [2.45, 2.75) is 49.7 Å². The monoisotopic (exact) mass is 606 g/mol. The standard InChI is InChI=1S/C33H32Cl2N2O3S/c1-33(2)31(27-9-6-10-29(35)21-27)19-20-37(33)32(38)26-13-11-25(12-14-26)23-36(22-24-7-4-3-5-8-24)41(39,40)30-17-15-28(34)16-18-30/h3-18,21,31H,19-20,22-23H2,1-2H3. The summed E-state index contributed by atoms with van der Waals surface area (Å²) < 4.78 is 28.8. The second kappa shape index (κ2) is 12.0. The topological polar surface area (TPSA) is 57.7 Å². The van der Waals surface area contributed by atoms with Gasteiger partial charge in [0, 0.05) is 46.7 Å². The molecule has 1 atom stereocenters. The maximum absolute atomic E-state index is 13.7. The number of carbonyl (C=O) groups excluding carboxylic acids is 1. The first-order valence-electron chi connectivity index (χ1n) is 13.5. The average Bonchev–Trinajstić information content (AvgIpc) is 3.27. The summed E-state index contributed by atoms with van der Waals surface area (Å²) in [4.78, 5) is 15.7. The molecular formula is C33H32Cl2N2O3S. The van der Waals surface area contributed by atoms with Gasteiger partial charge in [0.05, 0.1) is 4.90 Å². The summed E-state index contributed by atoms with van der Waals surface area (Å²) in [5.74, 6) is 0.134. The van der Waals surface area contributed by atoms with Crippen molar-refractivity contribution in [3.05, 3.63) is 135 Å². The molecule has 1 saturated heterocycles. The number of amides is 1. The van der Waals surface area contributed by atoms with Crippen LogP contribution in [0.15, 0.2) is 108 Å². The van der Waals surface area contributed by atoms with E-state index >= 15 is 0 Å². The Balaban J connectivity index is 1.36. The lowest BCUT2D eigenvalue weighted by Gasteiger charge is -2.36. The molecule has 1 unspecified atom stereocenters. The number of hydrogen-bond donors (Lipinski definition) is 0. The van der Waals surface area contributed by atoms with Crippen LogP contribution in [-0.4, -0.2) is 35.6 Å². The molecule has 8 heteroatoms. The van der Waals surface area contributed by atoms with E-state index in [1.54, 1.807) is 24.3 Å². The number of carbonyl (C=O) groups is 1. The zero-order chi connectivity index (χ0) is 29.2. The minimum absolute atomic E-state index is 0.0407. The minimum Gasteiger partial charge on any atom is -0.333 e. The SMILES string of the molecule is CC1(C)C(c2cccc(Cl)c2)CCN1C(=O)c1ccc(CN(Cc2ccccc2)S(=O)(=O)c2ccc(Cl)cc2)cc1. The van der Waals surface area contributed by atoms with Crippen LogP contribution in [0, 0.1) is 0 Å². The summed E-state index contributed by atoms with van der Waals surface area (Å²) in [5.41, 5.74) is 2.98. The molecule has 0 bridgehead atoms. The molecule has 1 fully saturated rings. The van der Waals surface area contributed by atoms with Crippen LogP contribution in [-0.2, 0) is 23.1 Å². The highest BCUT2D eigenvalue weighted by Gasteiger charge is 2.44. The van der Waals surface area contributed by atoms with Crippen molar-refractivity contribution in [2.24, 2.45) is 0 Å². The van der Waals surface area contributed by atoms with E-state index in [0.29, 0.717) is 22.2 Å². The van der Waals surface area contributed by atoms with E-state index < -0.39 is 10.0 Å². The van der Waals surface area contributed by atoms with Gasteiger partial charge in [0.25, 0.3) is 5.91 Å². The Morgan fingerprint density at radius 2 is 1.46 bits per heavy atom. The van der Waals surface area contributed by atoms with Crippen molar-refractivity contribution in [3.8, 4) is 0 Å². The first-order valence-corrected chi connectivity index (χ1v) is 15.7. The summed E-state index contributed by atoms with van der Waals surface area (Å²) in [5, 5.41) is 1.16. The number of likely N-dealkylation sites (tertiary alicyclic amines) is 1. The quantitative estimate of drug-likeness (QED) is 0.206. The Morgan fingerprint density at radius 1 is 0.829 bits per heavy atom. The van der Waals surface area contributed by atoms with Crippen molar-refractivity contribution < 1.29 is 13.2 Å². The maximum atomic E-state index is 13.7. The van der Waals surface area contributed by atoms with Gasteiger partial charge in [-0.1, -0.05) is 77.8 Å². The van der Waals surface area contributed by atoms with Gasteiger partial charge in [0.15, 0.2) is 0 Å². The Kier molecular flexibility index (Phi) is 8.57. The molecule has 0 saturated carbocycles. The molecule has 41 heavy (non-hydrogen) atoms. The van der Waals surface area contributed by atoms with Crippen molar-refractivity contribution in [3.63, 3.8) is 0 Å². The zero-order valence-electron chi connectivity index (χ0n) is 23.0. The number of sulfonamides is 1. The van der Waals surface area contributed by atoms with Crippen molar-refractivity contribution in [1.82, 2.24) is 9.21 Å². The molecule has 0 N–H and O–H groups in total. The molecule has 5 rings (SSSR count). The lowest BCUT2D eigenvalue weighted by molar-refractivity contribution is 0.0635. The first kappa shape index (κ1) is 29.3. The molecule has 0 aliphatic carbocycles. The van der Waals surface area contributed by atoms with Crippen molar-refractivity contribution >= 4 is 39.1 Å². The summed E-state index contributed by atoms with van der Waals surface area (Å²) in [6, 6.07) is 30.8. The van der Waals surface area contributed by atoms with Crippen molar-refractivity contribution in [1.29, 1.82) is 0 Å². The maximum Gasteiger partial charge on any atom is 0.254 e. The fraction of sp³-hybridized carbons (Fsp3) is 0.242. The zero-order valence-corrected chi connectivity index (χ0v) is 25.3. The molecule has 212 valence electrons. The third kappa shape index (κ3) is 6.36. The number of hydrogen-bond acceptors (Lipinski definition) is 3. The fourth-order valence-corrected chi connectivity index (χ4v) is 7.37. The molecule has 0 radical (unpaired) electrons. The van der Waals surface area contributed by atoms with Crippen LogP contribution in [0.4, 0.5) is 0 Å². The van der Waals surface area contributed by atoms with E-state index in [4.69, 9.17) is 23.2 Å². The van der Waals surface area contributed by atoms with Crippen LogP contribution in [0.5, 0.6) is 0 Å². The van der Waals surface area contributed by atoms with Crippen LogP contribution in [0.2, 0.25) is 10.0 Å². The van der Waals surface area contributed by atoms with Crippen LogP contribution in [0.1, 0.15) is 53.2 Å².